The van der Waals surface area contributed by atoms with Crippen LogP contribution >= 0.6 is 0 Å². The van der Waals surface area contributed by atoms with Crippen LogP contribution in [0.4, 0.5) is 20.5 Å². The highest BCUT2D eigenvalue weighted by atomic mass is 19.3. The van der Waals surface area contributed by atoms with Gasteiger partial charge in [-0.15, -0.1) is 0 Å². The lowest BCUT2D eigenvalue weighted by atomic mass is 10.2. The molecule has 0 aliphatic rings. The highest BCUT2D eigenvalue weighted by molar-refractivity contribution is 5.51. The standard InChI is InChI=1S/C16H21F2N5O/c1-3-4-7-20-14-12(9-22-15(19)23-14)24-10-11-5-6-13(21-8-11)16(2,17)18/h5-6,8-9H,3-4,7,10H2,1-2H3,(H3,19,20,22,23). The molecule has 6 nitrogen and oxygen atoms in total. The number of nitrogen functional groups attached to an aromatic ring is 1. The van der Waals surface area contributed by atoms with Crippen molar-refractivity contribution in [1.29, 1.82) is 0 Å². The first-order chi connectivity index (χ1) is 11.4. The zero-order chi connectivity index (χ0) is 17.6. The third-order valence-electron chi connectivity index (χ3n) is 3.27. The summed E-state index contributed by atoms with van der Waals surface area (Å²) in [6, 6.07) is 2.85. The smallest absolute Gasteiger partial charge is 0.286 e. The highest BCUT2D eigenvalue weighted by Gasteiger charge is 2.25. The molecule has 2 aromatic heterocycles. The Bertz CT molecular complexity index is 659. The van der Waals surface area contributed by atoms with E-state index >= 15 is 0 Å². The van der Waals surface area contributed by atoms with E-state index in [0.29, 0.717) is 17.1 Å². The van der Waals surface area contributed by atoms with E-state index in [-0.39, 0.29) is 18.2 Å². The normalized spacial score (nSPS) is 11.3. The van der Waals surface area contributed by atoms with E-state index in [0.717, 1.165) is 26.3 Å². The summed E-state index contributed by atoms with van der Waals surface area (Å²) in [5, 5.41) is 3.15. The molecule has 24 heavy (non-hydrogen) atoms. The number of ether oxygens (including phenoxy) is 1. The second-order valence-corrected chi connectivity index (χ2v) is 5.45. The predicted molar refractivity (Wildman–Crippen MR) is 88.0 cm³/mol. The van der Waals surface area contributed by atoms with Gasteiger partial charge in [0.1, 0.15) is 12.3 Å². The summed E-state index contributed by atoms with van der Waals surface area (Å²) in [5.74, 6) is -1.84. The minimum absolute atomic E-state index is 0.151. The van der Waals surface area contributed by atoms with Gasteiger partial charge in [-0.25, -0.2) is 4.98 Å². The first-order valence-electron chi connectivity index (χ1n) is 7.72. The number of unbranched alkanes of at least 4 members (excludes halogenated alkanes) is 1. The fourth-order valence-corrected chi connectivity index (χ4v) is 1.93. The molecule has 0 fully saturated rings. The molecule has 0 saturated heterocycles. The largest absolute Gasteiger partial charge is 0.483 e. The fourth-order valence-electron chi connectivity index (χ4n) is 1.93. The van der Waals surface area contributed by atoms with Gasteiger partial charge in [-0.3, -0.25) is 4.98 Å². The van der Waals surface area contributed by atoms with Crippen molar-refractivity contribution >= 4 is 11.8 Å². The maximum Gasteiger partial charge on any atom is 0.286 e. The summed E-state index contributed by atoms with van der Waals surface area (Å²) in [5.41, 5.74) is 5.99. The second kappa shape index (κ2) is 7.85. The molecule has 2 aromatic rings. The number of aromatic nitrogens is 3. The van der Waals surface area contributed by atoms with Gasteiger partial charge < -0.3 is 15.8 Å². The first kappa shape index (κ1) is 17.8. The molecule has 0 amide bonds. The van der Waals surface area contributed by atoms with E-state index in [1.165, 1.54) is 18.5 Å². The average Bonchev–Trinajstić information content (AvgIpc) is 2.54. The monoisotopic (exact) mass is 337 g/mol. The van der Waals surface area contributed by atoms with Crippen LogP contribution in [0.3, 0.4) is 0 Å². The molecule has 3 N–H and O–H groups in total. The van der Waals surface area contributed by atoms with E-state index in [1.54, 1.807) is 6.07 Å². The van der Waals surface area contributed by atoms with Gasteiger partial charge in [0.2, 0.25) is 5.95 Å². The maximum atomic E-state index is 13.1. The first-order valence-corrected chi connectivity index (χ1v) is 7.72. The van der Waals surface area contributed by atoms with Gasteiger partial charge in [0.25, 0.3) is 5.92 Å². The molecular formula is C16H21F2N5O. The number of pyridine rings is 1. The molecule has 2 rings (SSSR count). The molecule has 130 valence electrons. The minimum atomic E-state index is -2.96. The lowest BCUT2D eigenvalue weighted by Crippen LogP contribution is -2.10. The SMILES string of the molecule is CCCCNc1nc(N)ncc1OCc1ccc(C(C)(F)F)nc1. The van der Waals surface area contributed by atoms with Gasteiger partial charge in [-0.05, 0) is 12.5 Å². The van der Waals surface area contributed by atoms with Crippen molar-refractivity contribution in [3.63, 3.8) is 0 Å². The van der Waals surface area contributed by atoms with Gasteiger partial charge >= 0.3 is 0 Å². The lowest BCUT2D eigenvalue weighted by Gasteiger charge is -2.13. The van der Waals surface area contributed by atoms with Gasteiger partial charge in [0, 0.05) is 25.2 Å². The summed E-state index contributed by atoms with van der Waals surface area (Å²) in [6.45, 7) is 3.80. The Morgan fingerprint density at radius 2 is 2.04 bits per heavy atom. The van der Waals surface area contributed by atoms with Gasteiger partial charge in [-0.1, -0.05) is 19.4 Å². The summed E-state index contributed by atoms with van der Waals surface area (Å²) in [6.07, 6.45) is 4.89. The van der Waals surface area contributed by atoms with E-state index < -0.39 is 5.92 Å². The molecule has 8 heteroatoms. The number of rotatable bonds is 8. The predicted octanol–water partition coefficient (Wildman–Crippen LogP) is 3.36. The van der Waals surface area contributed by atoms with Crippen molar-refractivity contribution in [3.8, 4) is 5.75 Å². The van der Waals surface area contributed by atoms with Crippen molar-refractivity contribution in [2.24, 2.45) is 0 Å². The summed E-state index contributed by atoms with van der Waals surface area (Å²) < 4.78 is 32.0. The van der Waals surface area contributed by atoms with Crippen molar-refractivity contribution in [2.45, 2.75) is 39.2 Å². The van der Waals surface area contributed by atoms with Crippen molar-refractivity contribution < 1.29 is 13.5 Å². The number of nitrogens with zero attached hydrogens (tertiary/aromatic N) is 3. The van der Waals surface area contributed by atoms with Gasteiger partial charge in [0.15, 0.2) is 11.6 Å². The Morgan fingerprint density at radius 1 is 1.25 bits per heavy atom. The lowest BCUT2D eigenvalue weighted by molar-refractivity contribution is 0.0127. The highest BCUT2D eigenvalue weighted by Crippen LogP contribution is 2.26. The Kier molecular flexibility index (Phi) is 5.83. The van der Waals surface area contributed by atoms with Crippen molar-refractivity contribution in [3.05, 3.63) is 35.8 Å². The molecule has 0 atom stereocenters. The minimum Gasteiger partial charge on any atom is -0.483 e. The number of hydrogen-bond donors (Lipinski definition) is 2. The Morgan fingerprint density at radius 3 is 2.67 bits per heavy atom. The summed E-state index contributed by atoms with van der Waals surface area (Å²) >= 11 is 0. The third-order valence-corrected chi connectivity index (χ3v) is 3.27. The Balaban J connectivity index is 2.03. The van der Waals surface area contributed by atoms with Crippen molar-refractivity contribution in [2.75, 3.05) is 17.6 Å². The van der Waals surface area contributed by atoms with E-state index in [1.807, 2.05) is 0 Å². The second-order valence-electron chi connectivity index (χ2n) is 5.45. The summed E-state index contributed by atoms with van der Waals surface area (Å²) in [7, 11) is 0. The molecule has 0 saturated carbocycles. The quantitative estimate of drug-likeness (QED) is 0.719. The molecule has 0 aliphatic heterocycles. The number of alkyl halides is 2. The molecule has 0 aromatic carbocycles. The molecule has 2 heterocycles. The number of anilines is 2. The van der Waals surface area contributed by atoms with Crippen LogP contribution in [-0.4, -0.2) is 21.5 Å². The molecule has 0 spiro atoms. The van der Waals surface area contributed by atoms with E-state index in [2.05, 4.69) is 27.2 Å². The zero-order valence-corrected chi connectivity index (χ0v) is 13.7. The van der Waals surface area contributed by atoms with Gasteiger partial charge in [0.05, 0.1) is 6.20 Å². The molecular weight excluding hydrogens is 316 g/mol. The summed E-state index contributed by atoms with van der Waals surface area (Å²) in [4.78, 5) is 11.8. The topological polar surface area (TPSA) is 86.0 Å². The fraction of sp³-hybridized carbons (Fsp3) is 0.438. The number of nitrogens with two attached hydrogens (primary N) is 1. The van der Waals surface area contributed by atoms with Crippen LogP contribution in [0.15, 0.2) is 24.5 Å². The van der Waals surface area contributed by atoms with Crippen LogP contribution in [0.2, 0.25) is 0 Å². The number of halogens is 2. The number of nitrogens with one attached hydrogen (secondary N) is 1. The Hall–Kier alpha value is -2.51. The Labute approximate surface area is 139 Å². The van der Waals surface area contributed by atoms with Crippen LogP contribution in [0.5, 0.6) is 5.75 Å². The van der Waals surface area contributed by atoms with Crippen molar-refractivity contribution in [1.82, 2.24) is 15.0 Å². The zero-order valence-electron chi connectivity index (χ0n) is 13.7. The van der Waals surface area contributed by atoms with Crippen LogP contribution in [0.25, 0.3) is 0 Å². The van der Waals surface area contributed by atoms with Crippen LogP contribution in [0.1, 0.15) is 37.9 Å². The van der Waals surface area contributed by atoms with Crippen LogP contribution in [0, 0.1) is 0 Å². The number of hydrogen-bond acceptors (Lipinski definition) is 6. The molecule has 0 radical (unpaired) electrons. The maximum absolute atomic E-state index is 13.1. The third kappa shape index (κ3) is 5.00. The van der Waals surface area contributed by atoms with Crippen LogP contribution in [-0.2, 0) is 12.5 Å². The van der Waals surface area contributed by atoms with Gasteiger partial charge in [-0.2, -0.15) is 13.8 Å². The van der Waals surface area contributed by atoms with E-state index in [4.69, 9.17) is 10.5 Å². The molecule has 0 bridgehead atoms. The van der Waals surface area contributed by atoms with Crippen LogP contribution < -0.4 is 15.8 Å². The van der Waals surface area contributed by atoms with E-state index in [9.17, 15) is 8.78 Å². The molecule has 0 unspecified atom stereocenters. The average molecular weight is 337 g/mol. The molecule has 0 aliphatic carbocycles.